The minimum absolute atomic E-state index is 0.00943. The number of benzene rings is 2. The second-order valence-electron chi connectivity index (χ2n) is 10.7. The third-order valence-electron chi connectivity index (χ3n) is 7.56. The number of carbonyl (C=O) groups excluding carboxylic acids is 3. The number of nitrogens with zero attached hydrogens (tertiary/aromatic N) is 2. The number of hydrogen-bond acceptors (Lipinski definition) is 10. The third kappa shape index (κ3) is 5.88. The first-order valence-electron chi connectivity index (χ1n) is 14.7. The molecule has 1 fully saturated rings. The van der Waals surface area contributed by atoms with Gasteiger partial charge in [-0.25, -0.2) is 9.78 Å². The van der Waals surface area contributed by atoms with Crippen molar-refractivity contribution in [3.63, 3.8) is 0 Å². The second kappa shape index (κ2) is 13.1. The summed E-state index contributed by atoms with van der Waals surface area (Å²) in [6, 6.07) is 9.34. The summed E-state index contributed by atoms with van der Waals surface area (Å²) in [7, 11) is 1.26. The van der Waals surface area contributed by atoms with E-state index in [0.29, 0.717) is 48.0 Å². The van der Waals surface area contributed by atoms with Crippen molar-refractivity contribution in [2.45, 2.75) is 65.5 Å². The van der Waals surface area contributed by atoms with Gasteiger partial charge in [-0.2, -0.15) is 0 Å². The molecule has 232 valence electrons. The molecule has 2 aromatic carbocycles. The van der Waals surface area contributed by atoms with Crippen molar-refractivity contribution in [1.29, 1.82) is 0 Å². The summed E-state index contributed by atoms with van der Waals surface area (Å²) in [5, 5.41) is 11.8. The van der Waals surface area contributed by atoms with E-state index in [4.69, 9.17) is 18.9 Å². The smallest absolute Gasteiger partial charge is 0.350 e. The van der Waals surface area contributed by atoms with Crippen LogP contribution in [0.3, 0.4) is 0 Å². The fourth-order valence-corrected chi connectivity index (χ4v) is 6.47. The van der Waals surface area contributed by atoms with Gasteiger partial charge in [0.25, 0.3) is 5.78 Å². The van der Waals surface area contributed by atoms with Crippen LogP contribution in [0, 0.1) is 6.92 Å². The van der Waals surface area contributed by atoms with Gasteiger partial charge in [-0.15, -0.1) is 0 Å². The minimum atomic E-state index is -1.07. The van der Waals surface area contributed by atoms with Gasteiger partial charge in [0, 0.05) is 12.0 Å². The van der Waals surface area contributed by atoms with Gasteiger partial charge in [-0.1, -0.05) is 37.2 Å². The van der Waals surface area contributed by atoms with Crippen LogP contribution < -0.4 is 19.1 Å². The topological polar surface area (TPSA) is 124 Å². The molecule has 0 spiro atoms. The SMILES string of the molecule is CCCCCOc1ccc([C@@H]2/C(=C(\O)c3ccc4c(c3)C[C@@H](C)O4)C(=O)C(=O)N2c2nc(C)c(C(=O)OC)s2)cc1OCC. The van der Waals surface area contributed by atoms with Crippen LogP contribution in [0.25, 0.3) is 5.76 Å². The molecule has 1 saturated heterocycles. The number of aromatic nitrogens is 1. The molecule has 0 unspecified atom stereocenters. The number of esters is 1. The molecule has 0 saturated carbocycles. The van der Waals surface area contributed by atoms with Crippen LogP contribution in [0.5, 0.6) is 17.2 Å². The van der Waals surface area contributed by atoms with Crippen LogP contribution in [-0.2, 0) is 20.7 Å². The summed E-state index contributed by atoms with van der Waals surface area (Å²) in [6.45, 7) is 8.43. The van der Waals surface area contributed by atoms with Crippen LogP contribution in [0.4, 0.5) is 5.13 Å². The van der Waals surface area contributed by atoms with Crippen molar-refractivity contribution in [3.8, 4) is 17.2 Å². The number of aliphatic hydroxyl groups is 1. The lowest BCUT2D eigenvalue weighted by atomic mass is 9.94. The van der Waals surface area contributed by atoms with Gasteiger partial charge in [0.1, 0.15) is 22.5 Å². The molecule has 0 bridgehead atoms. The van der Waals surface area contributed by atoms with E-state index >= 15 is 0 Å². The Morgan fingerprint density at radius 1 is 1.11 bits per heavy atom. The molecule has 10 nitrogen and oxygen atoms in total. The highest BCUT2D eigenvalue weighted by Crippen LogP contribution is 2.46. The zero-order valence-electron chi connectivity index (χ0n) is 25.5. The number of methoxy groups -OCH3 is 1. The summed E-state index contributed by atoms with van der Waals surface area (Å²) >= 11 is 0.944. The van der Waals surface area contributed by atoms with Gasteiger partial charge in [0.05, 0.1) is 37.6 Å². The van der Waals surface area contributed by atoms with Gasteiger partial charge in [0.2, 0.25) is 0 Å². The van der Waals surface area contributed by atoms with E-state index in [1.54, 1.807) is 43.3 Å². The number of anilines is 1. The first-order valence-corrected chi connectivity index (χ1v) is 15.6. The minimum Gasteiger partial charge on any atom is -0.507 e. The van der Waals surface area contributed by atoms with E-state index in [1.165, 1.54) is 12.0 Å². The molecule has 44 heavy (non-hydrogen) atoms. The van der Waals surface area contributed by atoms with Crippen molar-refractivity contribution in [2.75, 3.05) is 25.2 Å². The quantitative estimate of drug-likeness (QED) is 0.0883. The second-order valence-corrected chi connectivity index (χ2v) is 11.7. The standard InChI is InChI=1S/C33H36N2O8S/c1-6-8-9-14-42-24-13-10-20(17-25(24)41-7-2)27-26(28(36)21-11-12-23-22(16-21)15-18(3)43-23)29(37)31(38)35(27)33-34-19(4)30(44-33)32(39)40-5/h10-13,16-18,27,36H,6-9,14-15H2,1-5H3/b28-26+/t18-,27-/m1/s1. The lowest BCUT2D eigenvalue weighted by Crippen LogP contribution is -2.29. The normalized spacial score (nSPS) is 18.7. The number of fused-ring (bicyclic) bond motifs is 1. The fourth-order valence-electron chi connectivity index (χ4n) is 5.45. The van der Waals surface area contributed by atoms with Crippen LogP contribution in [-0.4, -0.2) is 54.2 Å². The van der Waals surface area contributed by atoms with E-state index in [2.05, 4.69) is 11.9 Å². The molecule has 0 radical (unpaired) electrons. The number of ketones is 1. The molecule has 1 aromatic heterocycles. The van der Waals surface area contributed by atoms with E-state index < -0.39 is 23.7 Å². The fraction of sp³-hybridized carbons (Fsp3) is 0.394. The molecule has 5 rings (SSSR count). The molecule has 2 atom stereocenters. The van der Waals surface area contributed by atoms with E-state index in [1.807, 2.05) is 13.8 Å². The Morgan fingerprint density at radius 2 is 1.91 bits per heavy atom. The number of rotatable bonds is 11. The number of ether oxygens (including phenoxy) is 4. The summed E-state index contributed by atoms with van der Waals surface area (Å²) in [5.41, 5.74) is 2.04. The van der Waals surface area contributed by atoms with Gasteiger partial charge < -0.3 is 24.1 Å². The van der Waals surface area contributed by atoms with E-state index in [0.717, 1.165) is 41.9 Å². The number of aliphatic hydroxyl groups excluding tert-OH is 1. The molecule has 2 aliphatic heterocycles. The molecular weight excluding hydrogens is 584 g/mol. The highest BCUT2D eigenvalue weighted by atomic mass is 32.1. The zero-order chi connectivity index (χ0) is 31.5. The number of aryl methyl sites for hydroxylation is 1. The predicted molar refractivity (Wildman–Crippen MR) is 166 cm³/mol. The van der Waals surface area contributed by atoms with Gasteiger partial charge >= 0.3 is 11.9 Å². The number of thiazole rings is 1. The number of amides is 1. The first-order chi connectivity index (χ1) is 21.2. The monoisotopic (exact) mass is 620 g/mol. The van der Waals surface area contributed by atoms with Gasteiger partial charge in [-0.05, 0) is 68.7 Å². The maximum Gasteiger partial charge on any atom is 0.350 e. The average Bonchev–Trinajstić information content (AvgIpc) is 3.66. The van der Waals surface area contributed by atoms with Crippen molar-refractivity contribution < 1.29 is 38.4 Å². The Balaban J connectivity index is 1.65. The highest BCUT2D eigenvalue weighted by molar-refractivity contribution is 7.17. The van der Waals surface area contributed by atoms with Crippen molar-refractivity contribution in [3.05, 3.63) is 69.2 Å². The molecule has 1 amide bonds. The average molecular weight is 621 g/mol. The third-order valence-corrected chi connectivity index (χ3v) is 8.70. The number of Topliss-reactive ketones (excluding diaryl/α,β-unsaturated/α-hetero) is 1. The van der Waals surface area contributed by atoms with Crippen molar-refractivity contribution >= 4 is 39.9 Å². The number of unbranched alkanes of at least 4 members (excludes halogenated alkanes) is 2. The zero-order valence-corrected chi connectivity index (χ0v) is 26.3. The van der Waals surface area contributed by atoms with Gasteiger partial charge in [0.15, 0.2) is 16.6 Å². The van der Waals surface area contributed by atoms with Crippen LogP contribution >= 0.6 is 11.3 Å². The molecule has 3 aromatic rings. The summed E-state index contributed by atoms with van der Waals surface area (Å²) in [6.07, 6.45) is 3.62. The lowest BCUT2D eigenvalue weighted by Gasteiger charge is -2.24. The maximum absolute atomic E-state index is 13.7. The molecule has 0 aliphatic carbocycles. The molecule has 2 aliphatic rings. The van der Waals surface area contributed by atoms with Crippen LogP contribution in [0.2, 0.25) is 0 Å². The van der Waals surface area contributed by atoms with Crippen molar-refractivity contribution in [1.82, 2.24) is 4.98 Å². The van der Waals surface area contributed by atoms with Crippen molar-refractivity contribution in [2.24, 2.45) is 0 Å². The predicted octanol–water partition coefficient (Wildman–Crippen LogP) is 6.16. The molecule has 1 N–H and O–H groups in total. The summed E-state index contributed by atoms with van der Waals surface area (Å²) in [4.78, 5) is 45.8. The van der Waals surface area contributed by atoms with E-state index in [-0.39, 0.29) is 27.4 Å². The maximum atomic E-state index is 13.7. The largest absolute Gasteiger partial charge is 0.507 e. The Hall–Kier alpha value is -4.38. The van der Waals surface area contributed by atoms with Crippen LogP contribution in [0.1, 0.15) is 78.1 Å². The number of hydrogen-bond donors (Lipinski definition) is 1. The molecule has 11 heteroatoms. The number of carbonyl (C=O) groups is 3. The Bertz CT molecular complexity index is 1630. The Labute approximate surface area is 260 Å². The Morgan fingerprint density at radius 3 is 2.64 bits per heavy atom. The first kappa shape index (κ1) is 31.1. The highest BCUT2D eigenvalue weighted by Gasteiger charge is 2.49. The van der Waals surface area contributed by atoms with Crippen LogP contribution in [0.15, 0.2) is 42.0 Å². The van der Waals surface area contributed by atoms with Gasteiger partial charge in [-0.3, -0.25) is 14.5 Å². The van der Waals surface area contributed by atoms with E-state index in [9.17, 15) is 19.5 Å². The molecular formula is C33H36N2O8S. The Kier molecular flexibility index (Phi) is 9.24. The molecule has 3 heterocycles. The summed E-state index contributed by atoms with van der Waals surface area (Å²) < 4.78 is 22.6. The lowest BCUT2D eigenvalue weighted by molar-refractivity contribution is -0.132. The summed E-state index contributed by atoms with van der Waals surface area (Å²) in [5.74, 6) is -0.971.